The summed E-state index contributed by atoms with van der Waals surface area (Å²) in [5.74, 6) is 0. The van der Waals surface area contributed by atoms with Crippen molar-refractivity contribution in [2.75, 3.05) is 5.06 Å². The molecular formula is C8H8NO2-. The van der Waals surface area contributed by atoms with Crippen molar-refractivity contribution in [3.05, 3.63) is 35.0 Å². The topological polar surface area (TPSA) is 46.5 Å². The zero-order valence-corrected chi connectivity index (χ0v) is 5.90. The number of hydrogen-bond acceptors (Lipinski definition) is 3. The molecule has 1 aliphatic rings. The normalized spacial score (nSPS) is 22.0. The lowest BCUT2D eigenvalue weighted by molar-refractivity contribution is 0.189. The zero-order valence-electron chi connectivity index (χ0n) is 5.90. The maximum atomic E-state index is 11.1. The molecule has 1 aromatic rings. The van der Waals surface area contributed by atoms with E-state index >= 15 is 0 Å². The highest BCUT2D eigenvalue weighted by Crippen LogP contribution is 2.29. The Hall–Kier alpha value is -1.06. The third kappa shape index (κ3) is 0.895. The van der Waals surface area contributed by atoms with Gasteiger partial charge in [-0.3, -0.25) is 0 Å². The summed E-state index contributed by atoms with van der Waals surface area (Å²) in [7, 11) is 0. The third-order valence-electron chi connectivity index (χ3n) is 1.90. The number of nitrogens with zero attached hydrogens (tertiary/aromatic N) is 1. The molecule has 1 heterocycles. The standard InChI is InChI=1S/C8H8NO2/c10-8-5-6-3-1-2-4-7(6)9(8)11/h1-4,8,10H,5H2/q-1. The smallest absolute Gasteiger partial charge is 0.121 e. The van der Waals surface area contributed by atoms with E-state index in [4.69, 9.17) is 5.11 Å². The van der Waals surface area contributed by atoms with Crippen LogP contribution in [0.15, 0.2) is 24.3 Å². The Morgan fingerprint density at radius 3 is 2.91 bits per heavy atom. The van der Waals surface area contributed by atoms with Gasteiger partial charge in [-0.15, -0.1) is 0 Å². The molecule has 3 nitrogen and oxygen atoms in total. The lowest BCUT2D eigenvalue weighted by Crippen LogP contribution is -2.24. The minimum Gasteiger partial charge on any atom is -0.756 e. The Bertz CT molecular complexity index is 275. The molecule has 0 amide bonds. The van der Waals surface area contributed by atoms with Crippen molar-refractivity contribution < 1.29 is 5.11 Å². The van der Waals surface area contributed by atoms with E-state index in [1.807, 2.05) is 12.1 Å². The van der Waals surface area contributed by atoms with Gasteiger partial charge in [0, 0.05) is 12.1 Å². The molecule has 0 aliphatic carbocycles. The molecule has 1 unspecified atom stereocenters. The summed E-state index contributed by atoms with van der Waals surface area (Å²) in [6.07, 6.45) is -0.438. The van der Waals surface area contributed by atoms with Gasteiger partial charge in [0.15, 0.2) is 0 Å². The van der Waals surface area contributed by atoms with Gasteiger partial charge < -0.3 is 15.4 Å². The molecule has 58 valence electrons. The highest BCUT2D eigenvalue weighted by atomic mass is 16.5. The van der Waals surface area contributed by atoms with Gasteiger partial charge in [0.05, 0.1) is 0 Å². The maximum absolute atomic E-state index is 11.1. The second kappa shape index (κ2) is 2.22. The fourth-order valence-electron chi connectivity index (χ4n) is 1.34. The molecule has 1 N–H and O–H groups in total. The summed E-state index contributed by atoms with van der Waals surface area (Å²) in [5.41, 5.74) is 1.52. The Morgan fingerprint density at radius 2 is 2.18 bits per heavy atom. The van der Waals surface area contributed by atoms with E-state index in [0.717, 1.165) is 5.56 Å². The van der Waals surface area contributed by atoms with Crippen molar-refractivity contribution >= 4 is 5.69 Å². The largest absolute Gasteiger partial charge is 0.756 e. The van der Waals surface area contributed by atoms with E-state index in [9.17, 15) is 5.21 Å². The number of aliphatic hydroxyl groups excluding tert-OH is 1. The van der Waals surface area contributed by atoms with Crippen LogP contribution in [0.4, 0.5) is 5.69 Å². The predicted octanol–water partition coefficient (Wildman–Crippen LogP) is 0.865. The zero-order chi connectivity index (χ0) is 7.84. The van der Waals surface area contributed by atoms with Gasteiger partial charge in [-0.1, -0.05) is 18.2 Å². The summed E-state index contributed by atoms with van der Waals surface area (Å²) >= 11 is 0. The first-order valence-corrected chi connectivity index (χ1v) is 3.51. The minimum atomic E-state index is -0.882. The van der Waals surface area contributed by atoms with Gasteiger partial charge in [0.25, 0.3) is 0 Å². The number of anilines is 1. The molecule has 0 saturated carbocycles. The van der Waals surface area contributed by atoms with E-state index in [0.29, 0.717) is 17.2 Å². The van der Waals surface area contributed by atoms with E-state index < -0.39 is 6.23 Å². The van der Waals surface area contributed by atoms with Crippen molar-refractivity contribution in [1.29, 1.82) is 0 Å². The number of fused-ring (bicyclic) bond motifs is 1. The Morgan fingerprint density at radius 1 is 1.45 bits per heavy atom. The number of hydroxylamine groups is 1. The van der Waals surface area contributed by atoms with Crippen LogP contribution in [0.1, 0.15) is 5.56 Å². The molecule has 2 rings (SSSR count). The average Bonchev–Trinajstić information content (AvgIpc) is 2.30. The van der Waals surface area contributed by atoms with E-state index in [2.05, 4.69) is 0 Å². The minimum absolute atomic E-state index is 0.444. The Labute approximate surface area is 64.5 Å². The summed E-state index contributed by atoms with van der Waals surface area (Å²) in [6.45, 7) is 0. The Balaban J connectivity index is 2.47. The SMILES string of the molecule is [O-]N1c2ccccc2CC1O. The molecule has 0 radical (unpaired) electrons. The van der Waals surface area contributed by atoms with Gasteiger partial charge in [-0.05, 0) is 11.6 Å². The maximum Gasteiger partial charge on any atom is 0.121 e. The van der Waals surface area contributed by atoms with Crippen LogP contribution in [0.2, 0.25) is 0 Å². The van der Waals surface area contributed by atoms with Gasteiger partial charge in [-0.2, -0.15) is 0 Å². The molecule has 0 saturated heterocycles. The third-order valence-corrected chi connectivity index (χ3v) is 1.90. The molecular weight excluding hydrogens is 142 g/mol. The van der Waals surface area contributed by atoms with Crippen LogP contribution in [-0.4, -0.2) is 11.3 Å². The molecule has 0 bridgehead atoms. The van der Waals surface area contributed by atoms with Crippen LogP contribution in [0.3, 0.4) is 0 Å². The van der Waals surface area contributed by atoms with Crippen molar-refractivity contribution in [1.82, 2.24) is 0 Å². The van der Waals surface area contributed by atoms with Crippen LogP contribution in [0, 0.1) is 5.21 Å². The highest BCUT2D eigenvalue weighted by Gasteiger charge is 2.19. The first kappa shape index (κ1) is 6.64. The molecule has 11 heavy (non-hydrogen) atoms. The van der Waals surface area contributed by atoms with Crippen LogP contribution in [0.25, 0.3) is 0 Å². The van der Waals surface area contributed by atoms with E-state index in [1.54, 1.807) is 12.1 Å². The summed E-state index contributed by atoms with van der Waals surface area (Å²) in [5, 5.41) is 20.8. The Kier molecular flexibility index (Phi) is 1.34. The summed E-state index contributed by atoms with van der Waals surface area (Å²) < 4.78 is 0. The molecule has 0 fully saturated rings. The number of rotatable bonds is 0. The monoisotopic (exact) mass is 150 g/mol. The van der Waals surface area contributed by atoms with Gasteiger partial charge >= 0.3 is 0 Å². The molecule has 1 aliphatic heterocycles. The van der Waals surface area contributed by atoms with E-state index in [1.165, 1.54) is 0 Å². The van der Waals surface area contributed by atoms with Gasteiger partial charge in [0.2, 0.25) is 0 Å². The molecule has 3 heteroatoms. The molecule has 0 spiro atoms. The first-order chi connectivity index (χ1) is 5.29. The highest BCUT2D eigenvalue weighted by molar-refractivity contribution is 5.59. The average molecular weight is 150 g/mol. The van der Waals surface area contributed by atoms with Crippen molar-refractivity contribution in [3.8, 4) is 0 Å². The fraction of sp³-hybridized carbons (Fsp3) is 0.250. The number of hydrogen-bond donors (Lipinski definition) is 1. The van der Waals surface area contributed by atoms with Crippen molar-refractivity contribution in [2.24, 2.45) is 0 Å². The van der Waals surface area contributed by atoms with Crippen LogP contribution < -0.4 is 5.06 Å². The molecule has 1 aromatic carbocycles. The number of aliphatic hydroxyl groups is 1. The van der Waals surface area contributed by atoms with Gasteiger partial charge in [-0.25, -0.2) is 0 Å². The lowest BCUT2D eigenvalue weighted by atomic mass is 10.2. The second-order valence-corrected chi connectivity index (χ2v) is 2.64. The van der Waals surface area contributed by atoms with Crippen LogP contribution in [-0.2, 0) is 6.42 Å². The van der Waals surface area contributed by atoms with Crippen LogP contribution >= 0.6 is 0 Å². The first-order valence-electron chi connectivity index (χ1n) is 3.51. The summed E-state index contributed by atoms with van der Waals surface area (Å²) in [6, 6.07) is 7.24. The summed E-state index contributed by atoms with van der Waals surface area (Å²) in [4.78, 5) is 0. The lowest BCUT2D eigenvalue weighted by Gasteiger charge is -2.29. The van der Waals surface area contributed by atoms with Crippen LogP contribution in [0.5, 0.6) is 0 Å². The number of para-hydroxylation sites is 1. The van der Waals surface area contributed by atoms with Crippen molar-refractivity contribution in [3.63, 3.8) is 0 Å². The predicted molar refractivity (Wildman–Crippen MR) is 42.0 cm³/mol. The van der Waals surface area contributed by atoms with E-state index in [-0.39, 0.29) is 0 Å². The fourth-order valence-corrected chi connectivity index (χ4v) is 1.34. The van der Waals surface area contributed by atoms with Crippen molar-refractivity contribution in [2.45, 2.75) is 12.6 Å². The van der Waals surface area contributed by atoms with Gasteiger partial charge in [0.1, 0.15) is 6.23 Å². The quantitative estimate of drug-likeness (QED) is 0.596. The molecule has 1 atom stereocenters. The molecule has 0 aromatic heterocycles. The number of benzene rings is 1. The second-order valence-electron chi connectivity index (χ2n) is 2.64.